The van der Waals surface area contributed by atoms with Gasteiger partial charge < -0.3 is 10.1 Å². The van der Waals surface area contributed by atoms with Gasteiger partial charge in [-0.25, -0.2) is 0 Å². The van der Waals surface area contributed by atoms with Gasteiger partial charge in [0.05, 0.1) is 24.2 Å². The van der Waals surface area contributed by atoms with Crippen molar-refractivity contribution in [2.75, 3.05) is 18.2 Å². The van der Waals surface area contributed by atoms with Gasteiger partial charge in [0.15, 0.2) is 11.0 Å². The highest BCUT2D eigenvalue weighted by molar-refractivity contribution is 7.99. The van der Waals surface area contributed by atoms with Crippen LogP contribution in [-0.2, 0) is 4.79 Å². The number of carbonyl (C=O) groups is 1. The van der Waals surface area contributed by atoms with Gasteiger partial charge in [0.2, 0.25) is 5.91 Å². The number of hydrogen-bond acceptors (Lipinski definition) is 6. The lowest BCUT2D eigenvalue weighted by Crippen LogP contribution is -2.15. The molecule has 0 fully saturated rings. The minimum Gasteiger partial charge on any atom is -0.495 e. The van der Waals surface area contributed by atoms with Crippen LogP contribution in [0.5, 0.6) is 5.75 Å². The SMILES string of the molecule is COc1ccccc1NC(=O)CSc1nnc(-c2ccccn2)n1-c1cc(C)ccc1C. The number of para-hydroxylation sites is 2. The summed E-state index contributed by atoms with van der Waals surface area (Å²) >= 11 is 1.32. The molecular formula is C24H23N5O2S. The third kappa shape index (κ3) is 4.65. The van der Waals surface area contributed by atoms with Gasteiger partial charge in [-0.2, -0.15) is 0 Å². The molecule has 0 radical (unpaired) electrons. The van der Waals surface area contributed by atoms with Crippen LogP contribution in [0, 0.1) is 13.8 Å². The maximum Gasteiger partial charge on any atom is 0.234 e. The number of carbonyl (C=O) groups excluding carboxylic acids is 1. The second-order valence-electron chi connectivity index (χ2n) is 7.18. The van der Waals surface area contributed by atoms with E-state index in [1.807, 2.05) is 48.7 Å². The molecule has 0 spiro atoms. The van der Waals surface area contributed by atoms with Crippen LogP contribution in [0.25, 0.3) is 17.2 Å². The number of pyridine rings is 1. The molecule has 0 saturated carbocycles. The van der Waals surface area contributed by atoms with Crippen LogP contribution in [0.1, 0.15) is 11.1 Å². The number of aryl methyl sites for hydroxylation is 2. The number of anilines is 1. The highest BCUT2D eigenvalue weighted by Crippen LogP contribution is 2.30. The topological polar surface area (TPSA) is 81.9 Å². The molecule has 0 aliphatic heterocycles. The molecule has 32 heavy (non-hydrogen) atoms. The van der Waals surface area contributed by atoms with Crippen LogP contribution in [0.15, 0.2) is 72.0 Å². The van der Waals surface area contributed by atoms with Gasteiger partial charge in [-0.15, -0.1) is 10.2 Å². The molecule has 4 rings (SSSR count). The zero-order chi connectivity index (χ0) is 22.5. The van der Waals surface area contributed by atoms with E-state index < -0.39 is 0 Å². The van der Waals surface area contributed by atoms with E-state index in [-0.39, 0.29) is 11.7 Å². The van der Waals surface area contributed by atoms with Gasteiger partial charge in [0, 0.05) is 6.20 Å². The lowest BCUT2D eigenvalue weighted by Gasteiger charge is -2.14. The Morgan fingerprint density at radius 2 is 1.88 bits per heavy atom. The molecule has 162 valence electrons. The van der Waals surface area contributed by atoms with Gasteiger partial charge in [-0.05, 0) is 55.3 Å². The largest absolute Gasteiger partial charge is 0.495 e. The van der Waals surface area contributed by atoms with Gasteiger partial charge in [-0.3, -0.25) is 14.3 Å². The first kappa shape index (κ1) is 21.6. The lowest BCUT2D eigenvalue weighted by atomic mass is 10.1. The highest BCUT2D eigenvalue weighted by Gasteiger charge is 2.19. The fourth-order valence-corrected chi connectivity index (χ4v) is 4.01. The Morgan fingerprint density at radius 3 is 2.66 bits per heavy atom. The highest BCUT2D eigenvalue weighted by atomic mass is 32.2. The van der Waals surface area contributed by atoms with Crippen LogP contribution in [0.2, 0.25) is 0 Å². The first-order chi connectivity index (χ1) is 15.6. The van der Waals surface area contributed by atoms with Crippen molar-refractivity contribution >= 4 is 23.4 Å². The molecule has 0 saturated heterocycles. The molecule has 0 atom stereocenters. The molecule has 1 amide bonds. The smallest absolute Gasteiger partial charge is 0.234 e. The number of amides is 1. The van der Waals surface area contributed by atoms with E-state index in [0.29, 0.717) is 28.1 Å². The van der Waals surface area contributed by atoms with E-state index in [9.17, 15) is 4.79 Å². The van der Waals surface area contributed by atoms with Crippen molar-refractivity contribution in [3.8, 4) is 23.0 Å². The Kier molecular flexibility index (Phi) is 6.51. The molecule has 0 bridgehead atoms. The number of methoxy groups -OCH3 is 1. The average Bonchev–Trinajstić information content (AvgIpc) is 3.24. The molecule has 1 N–H and O–H groups in total. The fraction of sp³-hybridized carbons (Fsp3) is 0.167. The number of thioether (sulfide) groups is 1. The van der Waals surface area contributed by atoms with Crippen LogP contribution in [0.4, 0.5) is 5.69 Å². The maximum atomic E-state index is 12.6. The standard InChI is InChI=1S/C24H23N5O2S/c1-16-11-12-17(2)20(14-16)29-23(19-9-6-7-13-25-19)27-28-24(29)32-15-22(30)26-18-8-4-5-10-21(18)31-3/h4-14H,15H2,1-3H3,(H,26,30). The van der Waals surface area contributed by atoms with E-state index in [1.165, 1.54) is 11.8 Å². The quantitative estimate of drug-likeness (QED) is 0.416. The average molecular weight is 446 g/mol. The number of nitrogens with zero attached hydrogens (tertiary/aromatic N) is 4. The second-order valence-corrected chi connectivity index (χ2v) is 8.13. The summed E-state index contributed by atoms with van der Waals surface area (Å²) in [4.78, 5) is 17.1. The third-order valence-electron chi connectivity index (χ3n) is 4.85. The van der Waals surface area contributed by atoms with E-state index in [2.05, 4.69) is 38.7 Å². The van der Waals surface area contributed by atoms with Gasteiger partial charge in [0.1, 0.15) is 11.4 Å². The molecule has 8 heteroatoms. The summed E-state index contributed by atoms with van der Waals surface area (Å²) in [6.07, 6.45) is 1.73. The number of nitrogens with one attached hydrogen (secondary N) is 1. The predicted octanol–water partition coefficient (Wildman–Crippen LogP) is 4.69. The Labute approximate surface area is 190 Å². The van der Waals surface area contributed by atoms with Gasteiger partial charge >= 0.3 is 0 Å². The Hall–Kier alpha value is -3.65. The van der Waals surface area contributed by atoms with Gasteiger partial charge in [0.25, 0.3) is 0 Å². The minimum absolute atomic E-state index is 0.158. The summed E-state index contributed by atoms with van der Waals surface area (Å²) in [6.45, 7) is 4.08. The summed E-state index contributed by atoms with van der Waals surface area (Å²) in [7, 11) is 1.57. The summed E-state index contributed by atoms with van der Waals surface area (Å²) in [5.41, 5.74) is 4.50. The normalized spacial score (nSPS) is 10.7. The summed E-state index contributed by atoms with van der Waals surface area (Å²) < 4.78 is 7.27. The lowest BCUT2D eigenvalue weighted by molar-refractivity contribution is -0.113. The molecule has 2 heterocycles. The van der Waals surface area contributed by atoms with Crippen molar-refractivity contribution in [3.63, 3.8) is 0 Å². The van der Waals surface area contributed by atoms with Crippen molar-refractivity contribution in [1.82, 2.24) is 19.7 Å². The van der Waals surface area contributed by atoms with E-state index >= 15 is 0 Å². The van der Waals surface area contributed by atoms with Crippen LogP contribution in [0.3, 0.4) is 0 Å². The summed E-state index contributed by atoms with van der Waals surface area (Å²) in [5, 5.41) is 12.3. The first-order valence-corrected chi connectivity index (χ1v) is 11.1. The van der Waals surface area contributed by atoms with Crippen molar-refractivity contribution in [2.24, 2.45) is 0 Å². The molecule has 0 unspecified atom stereocenters. The molecule has 0 aliphatic rings. The van der Waals surface area contributed by atoms with E-state index in [1.54, 1.807) is 25.4 Å². The van der Waals surface area contributed by atoms with Crippen molar-refractivity contribution < 1.29 is 9.53 Å². The predicted molar refractivity (Wildman–Crippen MR) is 126 cm³/mol. The molecule has 4 aromatic rings. The monoisotopic (exact) mass is 445 g/mol. The number of aromatic nitrogens is 4. The maximum absolute atomic E-state index is 12.6. The number of benzene rings is 2. The van der Waals surface area contributed by atoms with Crippen molar-refractivity contribution in [3.05, 3.63) is 78.0 Å². The Balaban J connectivity index is 1.63. The van der Waals surface area contributed by atoms with Crippen LogP contribution < -0.4 is 10.1 Å². The van der Waals surface area contributed by atoms with Crippen LogP contribution in [-0.4, -0.2) is 38.5 Å². The Bertz CT molecular complexity index is 1240. The minimum atomic E-state index is -0.158. The first-order valence-electron chi connectivity index (χ1n) is 10.1. The van der Waals surface area contributed by atoms with E-state index in [4.69, 9.17) is 4.74 Å². The number of hydrogen-bond donors (Lipinski definition) is 1. The fourth-order valence-electron chi connectivity index (χ4n) is 3.27. The van der Waals surface area contributed by atoms with Crippen molar-refractivity contribution in [2.45, 2.75) is 19.0 Å². The summed E-state index contributed by atoms with van der Waals surface area (Å²) in [5.74, 6) is 1.26. The number of ether oxygens (including phenoxy) is 1. The third-order valence-corrected chi connectivity index (χ3v) is 5.78. The van der Waals surface area contributed by atoms with Gasteiger partial charge in [-0.1, -0.05) is 42.1 Å². The molecular weight excluding hydrogens is 422 g/mol. The zero-order valence-corrected chi connectivity index (χ0v) is 18.9. The summed E-state index contributed by atoms with van der Waals surface area (Å²) in [6, 6.07) is 19.2. The number of rotatable bonds is 7. The molecule has 0 aliphatic carbocycles. The van der Waals surface area contributed by atoms with Crippen LogP contribution >= 0.6 is 11.8 Å². The zero-order valence-electron chi connectivity index (χ0n) is 18.1. The van der Waals surface area contributed by atoms with Crippen molar-refractivity contribution in [1.29, 1.82) is 0 Å². The Morgan fingerprint density at radius 1 is 1.06 bits per heavy atom. The molecule has 7 nitrogen and oxygen atoms in total. The molecule has 2 aromatic carbocycles. The molecule has 2 aromatic heterocycles. The van der Waals surface area contributed by atoms with E-state index in [0.717, 1.165) is 16.8 Å². The second kappa shape index (κ2) is 9.65.